The summed E-state index contributed by atoms with van der Waals surface area (Å²) in [6.45, 7) is 2.40. The summed E-state index contributed by atoms with van der Waals surface area (Å²) in [5, 5.41) is 20.8. The molecular formula is C11H13NO3. The maximum atomic E-state index is 11.1. The zero-order valence-electron chi connectivity index (χ0n) is 8.40. The average molecular weight is 207 g/mol. The van der Waals surface area contributed by atoms with E-state index in [1.807, 2.05) is 6.92 Å². The van der Waals surface area contributed by atoms with E-state index >= 15 is 0 Å². The van der Waals surface area contributed by atoms with Gasteiger partial charge in [0.1, 0.15) is 0 Å². The summed E-state index contributed by atoms with van der Waals surface area (Å²) in [5.74, 6) is -0.566. The van der Waals surface area contributed by atoms with Crippen LogP contribution in [0.3, 0.4) is 0 Å². The number of carbonyl (C=O) groups excluding carboxylic acids is 1. The van der Waals surface area contributed by atoms with Crippen molar-refractivity contribution in [3.63, 3.8) is 0 Å². The van der Waals surface area contributed by atoms with Gasteiger partial charge in [-0.1, -0.05) is 6.07 Å². The Bertz CT molecular complexity index is 385. The third-order valence-corrected chi connectivity index (χ3v) is 1.78. The van der Waals surface area contributed by atoms with Gasteiger partial charge in [0.2, 0.25) is 5.91 Å². The van der Waals surface area contributed by atoms with Crippen LogP contribution in [0, 0.1) is 0 Å². The first-order chi connectivity index (χ1) is 7.13. The smallest absolute Gasteiger partial charge is 0.243 e. The van der Waals surface area contributed by atoms with Gasteiger partial charge in [-0.25, -0.2) is 0 Å². The molecule has 4 nitrogen and oxygen atoms in total. The van der Waals surface area contributed by atoms with Gasteiger partial charge in [0.05, 0.1) is 0 Å². The Kier molecular flexibility index (Phi) is 3.74. The van der Waals surface area contributed by atoms with Crippen LogP contribution >= 0.6 is 0 Å². The highest BCUT2D eigenvalue weighted by atomic mass is 16.3. The molecule has 0 aliphatic rings. The van der Waals surface area contributed by atoms with E-state index in [-0.39, 0.29) is 17.4 Å². The van der Waals surface area contributed by atoms with Crippen LogP contribution < -0.4 is 5.32 Å². The SMILES string of the molecule is CCNC(=O)/C=C/c1ccc(O)c(O)c1. The van der Waals surface area contributed by atoms with Crippen LogP contribution in [-0.4, -0.2) is 22.7 Å². The minimum absolute atomic E-state index is 0.176. The lowest BCUT2D eigenvalue weighted by atomic mass is 10.2. The average Bonchev–Trinajstić information content (AvgIpc) is 2.20. The number of likely N-dealkylation sites (N-methyl/N-ethyl adjacent to an activating group) is 1. The lowest BCUT2D eigenvalue weighted by Crippen LogP contribution is -2.19. The number of amides is 1. The van der Waals surface area contributed by atoms with Crippen LogP contribution in [0.15, 0.2) is 24.3 Å². The third-order valence-electron chi connectivity index (χ3n) is 1.78. The molecule has 0 fully saturated rings. The number of carbonyl (C=O) groups is 1. The van der Waals surface area contributed by atoms with Crippen LogP contribution in [0.25, 0.3) is 6.08 Å². The Morgan fingerprint density at radius 2 is 2.13 bits per heavy atom. The monoisotopic (exact) mass is 207 g/mol. The maximum absolute atomic E-state index is 11.1. The summed E-state index contributed by atoms with van der Waals surface area (Å²) < 4.78 is 0. The molecule has 1 rings (SSSR count). The van der Waals surface area contributed by atoms with Crippen LogP contribution in [0.5, 0.6) is 11.5 Å². The predicted molar refractivity (Wildman–Crippen MR) is 57.5 cm³/mol. The molecule has 0 saturated heterocycles. The van der Waals surface area contributed by atoms with E-state index in [0.29, 0.717) is 12.1 Å². The molecule has 0 unspecified atom stereocenters. The molecule has 1 aromatic carbocycles. The molecule has 0 aromatic heterocycles. The Hall–Kier alpha value is -1.97. The van der Waals surface area contributed by atoms with Gasteiger partial charge in [-0.15, -0.1) is 0 Å². The van der Waals surface area contributed by atoms with E-state index in [0.717, 1.165) is 0 Å². The summed E-state index contributed by atoms with van der Waals surface area (Å²) in [6, 6.07) is 4.35. The number of rotatable bonds is 3. The van der Waals surface area contributed by atoms with Gasteiger partial charge in [-0.2, -0.15) is 0 Å². The molecule has 0 atom stereocenters. The van der Waals surface area contributed by atoms with Gasteiger partial charge in [-0.3, -0.25) is 4.79 Å². The molecule has 0 spiro atoms. The number of aromatic hydroxyl groups is 2. The van der Waals surface area contributed by atoms with Crippen molar-refractivity contribution < 1.29 is 15.0 Å². The largest absolute Gasteiger partial charge is 0.504 e. The number of phenols is 2. The molecule has 0 radical (unpaired) electrons. The Morgan fingerprint density at radius 1 is 1.40 bits per heavy atom. The number of hydrogen-bond acceptors (Lipinski definition) is 3. The number of phenolic OH excluding ortho intramolecular Hbond substituents is 2. The second-order valence-corrected chi connectivity index (χ2v) is 2.98. The van der Waals surface area contributed by atoms with Crippen LogP contribution in [0.1, 0.15) is 12.5 Å². The second kappa shape index (κ2) is 5.05. The van der Waals surface area contributed by atoms with Gasteiger partial charge < -0.3 is 15.5 Å². The molecule has 15 heavy (non-hydrogen) atoms. The van der Waals surface area contributed by atoms with E-state index in [1.54, 1.807) is 12.1 Å². The normalized spacial score (nSPS) is 10.5. The summed E-state index contributed by atoms with van der Waals surface area (Å²) in [5.41, 5.74) is 0.650. The van der Waals surface area contributed by atoms with Crippen LogP contribution in [0.2, 0.25) is 0 Å². The third kappa shape index (κ3) is 3.34. The first-order valence-electron chi connectivity index (χ1n) is 4.61. The van der Waals surface area contributed by atoms with Crippen molar-refractivity contribution >= 4 is 12.0 Å². The van der Waals surface area contributed by atoms with Gasteiger partial charge in [0, 0.05) is 12.6 Å². The van der Waals surface area contributed by atoms with E-state index in [9.17, 15) is 9.90 Å². The van der Waals surface area contributed by atoms with Crippen molar-refractivity contribution in [2.24, 2.45) is 0 Å². The second-order valence-electron chi connectivity index (χ2n) is 2.98. The molecule has 80 valence electrons. The number of nitrogens with one attached hydrogen (secondary N) is 1. The van der Waals surface area contributed by atoms with E-state index in [2.05, 4.69) is 5.32 Å². The topological polar surface area (TPSA) is 69.6 Å². The van der Waals surface area contributed by atoms with Crippen LogP contribution in [-0.2, 0) is 4.79 Å². The number of hydrogen-bond donors (Lipinski definition) is 3. The molecule has 3 N–H and O–H groups in total. The first-order valence-corrected chi connectivity index (χ1v) is 4.61. The van der Waals surface area contributed by atoms with Gasteiger partial charge in [0.25, 0.3) is 0 Å². The van der Waals surface area contributed by atoms with Crippen LogP contribution in [0.4, 0.5) is 0 Å². The Labute approximate surface area is 87.9 Å². The fourth-order valence-corrected chi connectivity index (χ4v) is 1.05. The Balaban J connectivity index is 2.72. The molecule has 0 bridgehead atoms. The van der Waals surface area contributed by atoms with E-state index in [4.69, 9.17) is 5.11 Å². The molecule has 0 aliphatic carbocycles. The van der Waals surface area contributed by atoms with E-state index in [1.165, 1.54) is 18.2 Å². The molecule has 1 aromatic rings. The van der Waals surface area contributed by atoms with Crippen molar-refractivity contribution in [2.45, 2.75) is 6.92 Å². The minimum atomic E-state index is -0.201. The predicted octanol–water partition coefficient (Wildman–Crippen LogP) is 1.25. The Morgan fingerprint density at radius 3 is 2.73 bits per heavy atom. The van der Waals surface area contributed by atoms with Crippen molar-refractivity contribution in [3.8, 4) is 11.5 Å². The molecule has 1 amide bonds. The van der Waals surface area contributed by atoms with Gasteiger partial charge in [0.15, 0.2) is 11.5 Å². The fourth-order valence-electron chi connectivity index (χ4n) is 1.05. The summed E-state index contributed by atoms with van der Waals surface area (Å²) in [6.07, 6.45) is 2.93. The van der Waals surface area contributed by atoms with Gasteiger partial charge >= 0.3 is 0 Å². The van der Waals surface area contributed by atoms with Crippen molar-refractivity contribution in [3.05, 3.63) is 29.8 Å². The zero-order chi connectivity index (χ0) is 11.3. The summed E-state index contributed by atoms with van der Waals surface area (Å²) in [4.78, 5) is 11.1. The first kappa shape index (κ1) is 11.1. The zero-order valence-corrected chi connectivity index (χ0v) is 8.40. The van der Waals surface area contributed by atoms with E-state index < -0.39 is 0 Å². The molecular weight excluding hydrogens is 194 g/mol. The molecule has 0 saturated carbocycles. The van der Waals surface area contributed by atoms with Gasteiger partial charge in [-0.05, 0) is 30.7 Å². The minimum Gasteiger partial charge on any atom is -0.504 e. The highest BCUT2D eigenvalue weighted by Crippen LogP contribution is 2.25. The lowest BCUT2D eigenvalue weighted by molar-refractivity contribution is -0.116. The molecule has 0 heterocycles. The van der Waals surface area contributed by atoms with Crippen molar-refractivity contribution in [1.82, 2.24) is 5.32 Å². The highest BCUT2D eigenvalue weighted by molar-refractivity contribution is 5.91. The highest BCUT2D eigenvalue weighted by Gasteiger charge is 1.98. The lowest BCUT2D eigenvalue weighted by Gasteiger charge is -1.98. The van der Waals surface area contributed by atoms with Crippen molar-refractivity contribution in [2.75, 3.05) is 6.54 Å². The maximum Gasteiger partial charge on any atom is 0.243 e. The summed E-state index contributed by atoms with van der Waals surface area (Å²) in [7, 11) is 0. The van der Waals surface area contributed by atoms with Crippen molar-refractivity contribution in [1.29, 1.82) is 0 Å². The number of benzene rings is 1. The molecule has 0 aliphatic heterocycles. The standard InChI is InChI=1S/C11H13NO3/c1-2-12-11(15)6-4-8-3-5-9(13)10(14)7-8/h3-7,13-14H,2H2,1H3,(H,12,15)/b6-4+. The fraction of sp³-hybridized carbons (Fsp3) is 0.182. The molecule has 4 heteroatoms. The summed E-state index contributed by atoms with van der Waals surface area (Å²) >= 11 is 0. The quantitative estimate of drug-likeness (QED) is 0.516.